The van der Waals surface area contributed by atoms with E-state index in [0.29, 0.717) is 0 Å². The summed E-state index contributed by atoms with van der Waals surface area (Å²) in [6.07, 6.45) is 4.82. The Labute approximate surface area is 105 Å². The van der Waals surface area contributed by atoms with Crippen molar-refractivity contribution < 1.29 is 4.74 Å². The number of nitrogens with zero attached hydrogens (tertiary/aromatic N) is 2. The molecule has 1 rings (SSSR count). The molecule has 1 saturated heterocycles. The zero-order chi connectivity index (χ0) is 12.3. The predicted octanol–water partition coefficient (Wildman–Crippen LogP) is 1.86. The van der Waals surface area contributed by atoms with E-state index >= 15 is 0 Å². The summed E-state index contributed by atoms with van der Waals surface area (Å²) < 4.78 is 5.31. The third-order valence-corrected chi connectivity index (χ3v) is 2.90. The molecule has 1 aliphatic rings. The molecule has 0 aromatic rings. The first kappa shape index (κ1) is 14.3. The van der Waals surface area contributed by atoms with E-state index in [-0.39, 0.29) is 0 Å². The van der Waals surface area contributed by atoms with Crippen LogP contribution in [0.25, 0.3) is 0 Å². The summed E-state index contributed by atoms with van der Waals surface area (Å²) in [6, 6.07) is 0. The summed E-state index contributed by atoms with van der Waals surface area (Å²) in [5, 5.41) is 3.37. The highest BCUT2D eigenvalue weighted by Gasteiger charge is 2.14. The van der Waals surface area contributed by atoms with Crippen molar-refractivity contribution in [2.24, 2.45) is 4.99 Å². The molecule has 17 heavy (non-hydrogen) atoms. The molecule has 0 spiro atoms. The normalized spacial score (nSPS) is 16.6. The topological polar surface area (TPSA) is 36.9 Å². The molecule has 0 saturated carbocycles. The van der Waals surface area contributed by atoms with E-state index < -0.39 is 0 Å². The second kappa shape index (κ2) is 9.28. The Bertz CT molecular complexity index is 213. The van der Waals surface area contributed by atoms with Gasteiger partial charge in [-0.2, -0.15) is 0 Å². The molecule has 0 aliphatic carbocycles. The third-order valence-electron chi connectivity index (χ3n) is 2.90. The molecule has 1 N–H and O–H groups in total. The van der Waals surface area contributed by atoms with Crippen LogP contribution in [0.2, 0.25) is 0 Å². The predicted molar refractivity (Wildman–Crippen MR) is 72.5 cm³/mol. The lowest BCUT2D eigenvalue weighted by Gasteiger charge is -2.20. The summed E-state index contributed by atoms with van der Waals surface area (Å²) in [7, 11) is 0. The van der Waals surface area contributed by atoms with Crippen LogP contribution in [-0.2, 0) is 4.74 Å². The zero-order valence-corrected chi connectivity index (χ0v) is 11.4. The van der Waals surface area contributed by atoms with E-state index in [4.69, 9.17) is 4.74 Å². The van der Waals surface area contributed by atoms with E-state index in [1.165, 1.54) is 12.8 Å². The molecule has 1 heterocycles. The molecule has 0 aromatic carbocycles. The van der Waals surface area contributed by atoms with Gasteiger partial charge >= 0.3 is 0 Å². The monoisotopic (exact) mass is 241 g/mol. The van der Waals surface area contributed by atoms with Crippen LogP contribution in [0.15, 0.2) is 4.99 Å². The van der Waals surface area contributed by atoms with Crippen LogP contribution in [0.1, 0.15) is 39.5 Å². The number of aliphatic imine (C=N–C) groups is 1. The summed E-state index contributed by atoms with van der Waals surface area (Å²) in [4.78, 5) is 7.04. The Morgan fingerprint density at radius 1 is 1.24 bits per heavy atom. The number of hydrogen-bond donors (Lipinski definition) is 1. The van der Waals surface area contributed by atoms with Crippen molar-refractivity contribution >= 4 is 5.96 Å². The fourth-order valence-electron chi connectivity index (χ4n) is 2.00. The molecule has 1 aliphatic heterocycles. The molecule has 1 fully saturated rings. The average Bonchev–Trinajstić information content (AvgIpc) is 2.86. The Balaban J connectivity index is 2.21. The zero-order valence-electron chi connectivity index (χ0n) is 11.4. The minimum atomic E-state index is 0.819. The van der Waals surface area contributed by atoms with Gasteiger partial charge in [0.2, 0.25) is 0 Å². The molecule has 0 radical (unpaired) electrons. The number of likely N-dealkylation sites (tertiary alicyclic amines) is 1. The van der Waals surface area contributed by atoms with Gasteiger partial charge < -0.3 is 15.0 Å². The Morgan fingerprint density at radius 2 is 2.00 bits per heavy atom. The van der Waals surface area contributed by atoms with Gasteiger partial charge in [-0.05, 0) is 39.5 Å². The molecule has 0 bridgehead atoms. The first-order valence-corrected chi connectivity index (χ1v) is 6.99. The van der Waals surface area contributed by atoms with Crippen molar-refractivity contribution in [1.29, 1.82) is 0 Å². The molecule has 0 atom stereocenters. The molecular weight excluding hydrogens is 214 g/mol. The lowest BCUT2D eigenvalue weighted by molar-refractivity contribution is 0.144. The SMILES string of the molecule is CCNC(=NCCCCOCC)N1CCCC1. The molecule has 0 unspecified atom stereocenters. The van der Waals surface area contributed by atoms with E-state index in [1.807, 2.05) is 6.92 Å². The first-order chi connectivity index (χ1) is 8.38. The number of ether oxygens (including phenoxy) is 1. The number of nitrogens with one attached hydrogen (secondary N) is 1. The highest BCUT2D eigenvalue weighted by molar-refractivity contribution is 5.80. The first-order valence-electron chi connectivity index (χ1n) is 6.99. The van der Waals surface area contributed by atoms with Gasteiger partial charge in [-0.25, -0.2) is 0 Å². The third kappa shape index (κ3) is 5.91. The van der Waals surface area contributed by atoms with Crippen molar-refractivity contribution in [2.45, 2.75) is 39.5 Å². The number of hydrogen-bond acceptors (Lipinski definition) is 2. The highest BCUT2D eigenvalue weighted by atomic mass is 16.5. The Kier molecular flexibility index (Phi) is 7.80. The fraction of sp³-hybridized carbons (Fsp3) is 0.923. The van der Waals surface area contributed by atoms with Crippen molar-refractivity contribution in [3.8, 4) is 0 Å². The second-order valence-electron chi connectivity index (χ2n) is 4.33. The quantitative estimate of drug-likeness (QED) is 0.420. The number of unbranched alkanes of at least 4 members (excludes halogenated alkanes) is 1. The van der Waals surface area contributed by atoms with Crippen molar-refractivity contribution in [2.75, 3.05) is 39.4 Å². The van der Waals surface area contributed by atoms with Crippen molar-refractivity contribution in [1.82, 2.24) is 10.2 Å². The molecule has 4 nitrogen and oxygen atoms in total. The van der Waals surface area contributed by atoms with Gasteiger partial charge in [-0.3, -0.25) is 4.99 Å². The summed E-state index contributed by atoms with van der Waals surface area (Å²) in [5.74, 6) is 1.10. The summed E-state index contributed by atoms with van der Waals surface area (Å²) >= 11 is 0. The molecule has 0 amide bonds. The molecule has 100 valence electrons. The van der Waals surface area contributed by atoms with E-state index in [2.05, 4.69) is 22.1 Å². The standard InChI is InChI=1S/C13H27N3O/c1-3-14-13(16-10-6-7-11-16)15-9-5-8-12-17-4-2/h3-12H2,1-2H3,(H,14,15). The molecular formula is C13H27N3O. The average molecular weight is 241 g/mol. The summed E-state index contributed by atoms with van der Waals surface area (Å²) in [5.41, 5.74) is 0. The van der Waals surface area contributed by atoms with Crippen LogP contribution < -0.4 is 5.32 Å². The maximum atomic E-state index is 5.31. The van der Waals surface area contributed by atoms with Gasteiger partial charge in [0.15, 0.2) is 5.96 Å². The maximum Gasteiger partial charge on any atom is 0.193 e. The van der Waals surface area contributed by atoms with Gasteiger partial charge in [-0.1, -0.05) is 0 Å². The largest absolute Gasteiger partial charge is 0.382 e. The van der Waals surface area contributed by atoms with Gasteiger partial charge in [-0.15, -0.1) is 0 Å². The Morgan fingerprint density at radius 3 is 2.65 bits per heavy atom. The molecule has 4 heteroatoms. The molecule has 0 aromatic heterocycles. The van der Waals surface area contributed by atoms with Crippen LogP contribution in [0, 0.1) is 0 Å². The van der Waals surface area contributed by atoms with Crippen LogP contribution in [0.5, 0.6) is 0 Å². The summed E-state index contributed by atoms with van der Waals surface area (Å²) in [6.45, 7) is 10.0. The van der Waals surface area contributed by atoms with Gasteiger partial charge in [0.05, 0.1) is 0 Å². The van der Waals surface area contributed by atoms with E-state index in [9.17, 15) is 0 Å². The van der Waals surface area contributed by atoms with Crippen LogP contribution in [0.4, 0.5) is 0 Å². The van der Waals surface area contributed by atoms with Crippen molar-refractivity contribution in [3.63, 3.8) is 0 Å². The number of rotatable bonds is 7. The lowest BCUT2D eigenvalue weighted by atomic mass is 10.3. The second-order valence-corrected chi connectivity index (χ2v) is 4.33. The van der Waals surface area contributed by atoms with Crippen molar-refractivity contribution in [3.05, 3.63) is 0 Å². The fourth-order valence-corrected chi connectivity index (χ4v) is 2.00. The number of guanidine groups is 1. The minimum Gasteiger partial charge on any atom is -0.382 e. The van der Waals surface area contributed by atoms with Crippen LogP contribution in [0.3, 0.4) is 0 Å². The van der Waals surface area contributed by atoms with E-state index in [0.717, 1.165) is 58.2 Å². The maximum absolute atomic E-state index is 5.31. The smallest absolute Gasteiger partial charge is 0.193 e. The van der Waals surface area contributed by atoms with E-state index in [1.54, 1.807) is 0 Å². The minimum absolute atomic E-state index is 0.819. The van der Waals surface area contributed by atoms with Gasteiger partial charge in [0.1, 0.15) is 0 Å². The van der Waals surface area contributed by atoms with Crippen LogP contribution in [-0.4, -0.2) is 50.3 Å². The van der Waals surface area contributed by atoms with Crippen LogP contribution >= 0.6 is 0 Å². The van der Waals surface area contributed by atoms with Gasteiger partial charge in [0.25, 0.3) is 0 Å². The highest BCUT2D eigenvalue weighted by Crippen LogP contribution is 2.07. The Hall–Kier alpha value is -0.770. The van der Waals surface area contributed by atoms with Gasteiger partial charge in [0, 0.05) is 39.4 Å². The lowest BCUT2D eigenvalue weighted by Crippen LogP contribution is -2.39.